The number of ether oxygens (including phenoxy) is 1. The molecule has 0 saturated heterocycles. The number of benzene rings is 2. The van der Waals surface area contributed by atoms with Crippen LogP contribution in [-0.2, 0) is 4.79 Å². The first-order chi connectivity index (χ1) is 12.5. The normalized spacial score (nSPS) is 10.6. The maximum absolute atomic E-state index is 12.3. The van der Waals surface area contributed by atoms with Crippen molar-refractivity contribution in [3.63, 3.8) is 0 Å². The largest absolute Gasteiger partial charge is 0.483 e. The molecule has 1 heterocycles. The molecule has 2 aromatic carbocycles. The van der Waals surface area contributed by atoms with E-state index in [4.69, 9.17) is 4.74 Å². The van der Waals surface area contributed by atoms with E-state index in [1.165, 1.54) is 4.57 Å². The summed E-state index contributed by atoms with van der Waals surface area (Å²) in [5, 5.41) is 2.82. The molecule has 0 saturated carbocycles. The van der Waals surface area contributed by atoms with Crippen LogP contribution in [0.15, 0.2) is 53.5 Å². The van der Waals surface area contributed by atoms with Crippen LogP contribution in [0.2, 0.25) is 0 Å². The highest BCUT2D eigenvalue weighted by Gasteiger charge is 2.12. The smallest absolute Gasteiger partial charge is 0.330 e. The van der Waals surface area contributed by atoms with Crippen LogP contribution in [0.1, 0.15) is 16.8 Å². The second-order valence-electron chi connectivity index (χ2n) is 6.19. The summed E-state index contributed by atoms with van der Waals surface area (Å²) in [4.78, 5) is 27.0. The van der Waals surface area contributed by atoms with Crippen LogP contribution in [0.25, 0.3) is 5.69 Å². The van der Waals surface area contributed by atoms with Crippen molar-refractivity contribution in [2.75, 3.05) is 11.9 Å². The zero-order valence-corrected chi connectivity index (χ0v) is 15.0. The van der Waals surface area contributed by atoms with Gasteiger partial charge in [0.15, 0.2) is 6.61 Å². The summed E-state index contributed by atoms with van der Waals surface area (Å²) >= 11 is 0. The number of anilines is 1. The van der Waals surface area contributed by atoms with Crippen molar-refractivity contribution >= 4 is 11.6 Å². The lowest BCUT2D eigenvalue weighted by atomic mass is 10.1. The van der Waals surface area contributed by atoms with Crippen LogP contribution in [0, 0.1) is 20.8 Å². The third kappa shape index (κ3) is 3.69. The van der Waals surface area contributed by atoms with E-state index in [1.807, 2.05) is 45.0 Å². The van der Waals surface area contributed by atoms with E-state index in [-0.39, 0.29) is 18.2 Å². The zero-order valence-electron chi connectivity index (χ0n) is 15.0. The number of aryl methyl sites for hydroxylation is 3. The first-order valence-corrected chi connectivity index (χ1v) is 8.32. The third-order valence-electron chi connectivity index (χ3n) is 4.08. The van der Waals surface area contributed by atoms with E-state index in [9.17, 15) is 9.59 Å². The Hall–Kier alpha value is -3.28. The SMILES string of the molecule is Cc1ccc(C)c(OCC(=O)Nc2ccccc2-n2c(C)c[nH]c2=O)c1. The molecule has 0 aliphatic rings. The lowest BCUT2D eigenvalue weighted by Gasteiger charge is -2.13. The highest BCUT2D eigenvalue weighted by Crippen LogP contribution is 2.21. The molecule has 1 aromatic heterocycles. The number of aromatic nitrogens is 2. The van der Waals surface area contributed by atoms with Gasteiger partial charge in [0.25, 0.3) is 5.91 Å². The van der Waals surface area contributed by atoms with Gasteiger partial charge in [0.05, 0.1) is 11.4 Å². The number of carbonyl (C=O) groups excluding carboxylic acids is 1. The number of imidazole rings is 1. The van der Waals surface area contributed by atoms with Crippen LogP contribution in [0.4, 0.5) is 5.69 Å². The summed E-state index contributed by atoms with van der Waals surface area (Å²) in [6.45, 7) is 5.61. The van der Waals surface area contributed by atoms with E-state index in [0.717, 1.165) is 16.8 Å². The van der Waals surface area contributed by atoms with Crippen molar-refractivity contribution in [1.29, 1.82) is 0 Å². The standard InChI is InChI=1S/C20H21N3O3/c1-13-8-9-14(2)18(10-13)26-12-19(24)22-16-6-4-5-7-17(16)23-15(3)11-21-20(23)25/h4-11H,12H2,1-3H3,(H,21,25)(H,22,24). The fourth-order valence-corrected chi connectivity index (χ4v) is 2.72. The summed E-state index contributed by atoms with van der Waals surface area (Å²) in [7, 11) is 0. The third-order valence-corrected chi connectivity index (χ3v) is 4.08. The molecule has 0 radical (unpaired) electrons. The first kappa shape index (κ1) is 17.5. The van der Waals surface area contributed by atoms with Crippen molar-refractivity contribution in [3.05, 3.63) is 76.0 Å². The minimum atomic E-state index is -0.292. The van der Waals surface area contributed by atoms with E-state index >= 15 is 0 Å². The van der Waals surface area contributed by atoms with E-state index in [0.29, 0.717) is 17.1 Å². The predicted molar refractivity (Wildman–Crippen MR) is 101 cm³/mol. The molecule has 6 heteroatoms. The Morgan fingerprint density at radius 2 is 1.92 bits per heavy atom. The topological polar surface area (TPSA) is 76.1 Å². The molecule has 0 atom stereocenters. The molecule has 134 valence electrons. The molecule has 0 aliphatic carbocycles. The molecule has 0 unspecified atom stereocenters. The van der Waals surface area contributed by atoms with Crippen LogP contribution < -0.4 is 15.7 Å². The van der Waals surface area contributed by atoms with Gasteiger partial charge in [0.2, 0.25) is 0 Å². The lowest BCUT2D eigenvalue weighted by Crippen LogP contribution is -2.23. The van der Waals surface area contributed by atoms with Crippen molar-refractivity contribution in [2.45, 2.75) is 20.8 Å². The molecule has 0 fully saturated rings. The Labute approximate surface area is 151 Å². The molecule has 0 bridgehead atoms. The average Bonchev–Trinajstić information content (AvgIpc) is 2.95. The van der Waals surface area contributed by atoms with Gasteiger partial charge in [-0.2, -0.15) is 0 Å². The quantitative estimate of drug-likeness (QED) is 0.741. The Morgan fingerprint density at radius 1 is 1.15 bits per heavy atom. The summed E-state index contributed by atoms with van der Waals surface area (Å²) in [5.74, 6) is 0.394. The van der Waals surface area contributed by atoms with Gasteiger partial charge in [-0.05, 0) is 50.1 Å². The summed E-state index contributed by atoms with van der Waals surface area (Å²) in [6.07, 6.45) is 1.63. The number of nitrogens with one attached hydrogen (secondary N) is 2. The number of hydrogen-bond acceptors (Lipinski definition) is 3. The Bertz CT molecular complexity index is 1000. The van der Waals surface area contributed by atoms with E-state index in [2.05, 4.69) is 10.3 Å². The van der Waals surface area contributed by atoms with Crippen molar-refractivity contribution < 1.29 is 9.53 Å². The monoisotopic (exact) mass is 351 g/mol. The molecular weight excluding hydrogens is 330 g/mol. The van der Waals surface area contributed by atoms with E-state index in [1.54, 1.807) is 24.4 Å². The zero-order chi connectivity index (χ0) is 18.7. The molecular formula is C20H21N3O3. The molecule has 6 nitrogen and oxygen atoms in total. The average molecular weight is 351 g/mol. The van der Waals surface area contributed by atoms with Gasteiger partial charge >= 0.3 is 5.69 Å². The number of amides is 1. The summed E-state index contributed by atoms with van der Waals surface area (Å²) in [6, 6.07) is 13.0. The summed E-state index contributed by atoms with van der Waals surface area (Å²) in [5.41, 5.74) is 3.69. The molecule has 0 aliphatic heterocycles. The van der Waals surface area contributed by atoms with Crippen LogP contribution in [0.3, 0.4) is 0 Å². The minimum absolute atomic E-state index is 0.111. The fourth-order valence-electron chi connectivity index (χ4n) is 2.72. The summed E-state index contributed by atoms with van der Waals surface area (Å²) < 4.78 is 7.16. The number of H-pyrrole nitrogens is 1. The van der Waals surface area contributed by atoms with Crippen molar-refractivity contribution in [1.82, 2.24) is 9.55 Å². The van der Waals surface area contributed by atoms with Crippen molar-refractivity contribution in [2.24, 2.45) is 0 Å². The second-order valence-corrected chi connectivity index (χ2v) is 6.19. The van der Waals surface area contributed by atoms with Gasteiger partial charge in [-0.25, -0.2) is 4.79 Å². The number of nitrogens with zero attached hydrogens (tertiary/aromatic N) is 1. The molecule has 1 amide bonds. The molecule has 3 aromatic rings. The Balaban J connectivity index is 1.76. The first-order valence-electron chi connectivity index (χ1n) is 8.32. The van der Waals surface area contributed by atoms with Gasteiger partial charge in [-0.15, -0.1) is 0 Å². The van der Waals surface area contributed by atoms with Gasteiger partial charge in [-0.3, -0.25) is 9.36 Å². The second kappa shape index (κ2) is 7.31. The van der Waals surface area contributed by atoms with Gasteiger partial charge < -0.3 is 15.0 Å². The van der Waals surface area contributed by atoms with Gasteiger partial charge in [-0.1, -0.05) is 24.3 Å². The number of carbonyl (C=O) groups is 1. The predicted octanol–water partition coefficient (Wildman–Crippen LogP) is 3.11. The van der Waals surface area contributed by atoms with Crippen molar-refractivity contribution in [3.8, 4) is 11.4 Å². The highest BCUT2D eigenvalue weighted by molar-refractivity contribution is 5.93. The molecule has 3 rings (SSSR count). The number of rotatable bonds is 5. The van der Waals surface area contributed by atoms with Crippen LogP contribution in [-0.4, -0.2) is 22.1 Å². The van der Waals surface area contributed by atoms with E-state index < -0.39 is 0 Å². The number of aromatic amines is 1. The Morgan fingerprint density at radius 3 is 2.65 bits per heavy atom. The number of hydrogen-bond donors (Lipinski definition) is 2. The number of para-hydroxylation sites is 2. The Kier molecular flexibility index (Phi) is 4.93. The highest BCUT2D eigenvalue weighted by atomic mass is 16.5. The van der Waals surface area contributed by atoms with Crippen LogP contribution in [0.5, 0.6) is 5.75 Å². The maximum Gasteiger partial charge on any atom is 0.330 e. The van der Waals surface area contributed by atoms with Gasteiger partial charge in [0, 0.05) is 11.9 Å². The lowest BCUT2D eigenvalue weighted by molar-refractivity contribution is -0.118. The van der Waals surface area contributed by atoms with Gasteiger partial charge in [0.1, 0.15) is 5.75 Å². The molecule has 26 heavy (non-hydrogen) atoms. The fraction of sp³-hybridized carbons (Fsp3) is 0.200. The van der Waals surface area contributed by atoms with Crippen LogP contribution >= 0.6 is 0 Å². The maximum atomic E-state index is 12.3. The molecule has 2 N–H and O–H groups in total. The molecule has 0 spiro atoms. The minimum Gasteiger partial charge on any atom is -0.483 e.